The lowest BCUT2D eigenvalue weighted by Gasteiger charge is -2.60. The topological polar surface area (TPSA) is 83.7 Å². The molecule has 1 aliphatic heterocycles. The van der Waals surface area contributed by atoms with Gasteiger partial charge >= 0.3 is 0 Å². The summed E-state index contributed by atoms with van der Waals surface area (Å²) in [6, 6.07) is 4.82. The number of carbonyl (C=O) groups excluding carboxylic acids is 1. The van der Waals surface area contributed by atoms with Crippen LogP contribution in [0.3, 0.4) is 0 Å². The molecule has 0 unspecified atom stereocenters. The van der Waals surface area contributed by atoms with Crippen LogP contribution in [0.1, 0.15) is 50.5 Å². The number of anilines is 1. The first kappa shape index (κ1) is 16.2. The van der Waals surface area contributed by atoms with E-state index in [-0.39, 0.29) is 17.0 Å². The second-order valence-corrected chi connectivity index (χ2v) is 9.23. The lowest BCUT2D eigenvalue weighted by Crippen LogP contribution is -2.56. The van der Waals surface area contributed by atoms with Crippen molar-refractivity contribution in [1.82, 2.24) is 0 Å². The van der Waals surface area contributed by atoms with Gasteiger partial charge in [-0.1, -0.05) is 6.07 Å². The molecule has 1 aromatic carbocycles. The smallest absolute Gasteiger partial charge is 0.271 e. The molecule has 0 radical (unpaired) electrons. The Morgan fingerprint density at radius 2 is 2.00 bits per heavy atom. The van der Waals surface area contributed by atoms with Crippen LogP contribution in [0.4, 0.5) is 11.4 Å². The highest BCUT2D eigenvalue weighted by molar-refractivity contribution is 5.96. The number of hydrogen-bond donors (Lipinski definition) is 1. The van der Waals surface area contributed by atoms with Gasteiger partial charge in [0.05, 0.1) is 16.2 Å². The van der Waals surface area contributed by atoms with Gasteiger partial charge in [-0.15, -0.1) is 0 Å². The van der Waals surface area contributed by atoms with E-state index < -0.39 is 10.5 Å². The molecule has 4 fully saturated rings. The van der Waals surface area contributed by atoms with Crippen molar-refractivity contribution in [2.75, 3.05) is 11.4 Å². The standard InChI is InChI=1S/C20H24N2O4/c23-18(21-4-3-15-1-2-16(22(25)26)6-17(15)21)11-19-7-13-5-14(8-19)10-20(24,9-13)12-19/h1-2,6,13-14,24H,3-5,7-12H2/t13-,14-,19?,20?/m1/s1. The van der Waals surface area contributed by atoms with Crippen molar-refractivity contribution in [3.8, 4) is 0 Å². The second-order valence-electron chi connectivity index (χ2n) is 9.23. The summed E-state index contributed by atoms with van der Waals surface area (Å²) in [4.78, 5) is 25.6. The second kappa shape index (κ2) is 5.28. The van der Waals surface area contributed by atoms with E-state index in [4.69, 9.17) is 0 Å². The molecule has 1 N–H and O–H groups in total. The summed E-state index contributed by atoms with van der Waals surface area (Å²) in [7, 11) is 0. The molecule has 5 aliphatic rings. The zero-order chi connectivity index (χ0) is 18.1. The number of carbonyl (C=O) groups is 1. The highest BCUT2D eigenvalue weighted by Gasteiger charge is 2.57. The van der Waals surface area contributed by atoms with Crippen LogP contribution in [-0.4, -0.2) is 28.1 Å². The number of hydrogen-bond acceptors (Lipinski definition) is 4. The number of aliphatic hydroxyl groups is 1. The number of benzene rings is 1. The predicted molar refractivity (Wildman–Crippen MR) is 95.8 cm³/mol. The fourth-order valence-corrected chi connectivity index (χ4v) is 6.77. The maximum absolute atomic E-state index is 13.2. The summed E-state index contributed by atoms with van der Waals surface area (Å²) in [5, 5.41) is 22.0. The number of fused-ring (bicyclic) bond motifs is 1. The monoisotopic (exact) mass is 356 g/mol. The van der Waals surface area contributed by atoms with E-state index in [2.05, 4.69) is 0 Å². The molecule has 6 nitrogen and oxygen atoms in total. The molecule has 2 atom stereocenters. The summed E-state index contributed by atoms with van der Waals surface area (Å²) in [5.41, 5.74) is 1.11. The Bertz CT molecular complexity index is 791. The fourth-order valence-electron chi connectivity index (χ4n) is 6.77. The SMILES string of the molecule is O=C(CC12C[C@H]3C[C@@H](CC(O)(C3)C1)C2)N1CCc2ccc([N+](=O)[O-])cc21. The van der Waals surface area contributed by atoms with E-state index in [9.17, 15) is 20.0 Å². The van der Waals surface area contributed by atoms with E-state index in [0.717, 1.165) is 44.1 Å². The van der Waals surface area contributed by atoms with E-state index >= 15 is 0 Å². The van der Waals surface area contributed by atoms with Gasteiger partial charge in [0, 0.05) is 25.1 Å². The fraction of sp³-hybridized carbons (Fsp3) is 0.650. The Labute approximate surface area is 152 Å². The molecule has 26 heavy (non-hydrogen) atoms. The molecular formula is C20H24N2O4. The summed E-state index contributed by atoms with van der Waals surface area (Å²) >= 11 is 0. The molecule has 6 rings (SSSR count). The van der Waals surface area contributed by atoms with Crippen molar-refractivity contribution < 1.29 is 14.8 Å². The first-order valence-corrected chi connectivity index (χ1v) is 9.65. The molecule has 4 bridgehead atoms. The van der Waals surface area contributed by atoms with Gasteiger partial charge in [-0.25, -0.2) is 0 Å². The predicted octanol–water partition coefficient (Wildman–Crippen LogP) is 3.21. The van der Waals surface area contributed by atoms with Crippen molar-refractivity contribution >= 4 is 17.3 Å². The molecule has 0 aromatic heterocycles. The number of nitrogens with zero attached hydrogens (tertiary/aromatic N) is 2. The van der Waals surface area contributed by atoms with Gasteiger partial charge in [-0.05, 0) is 67.8 Å². The van der Waals surface area contributed by atoms with Crippen LogP contribution in [0, 0.1) is 27.4 Å². The highest BCUT2D eigenvalue weighted by atomic mass is 16.6. The molecule has 6 heteroatoms. The van der Waals surface area contributed by atoms with Gasteiger partial charge in [-0.2, -0.15) is 0 Å². The van der Waals surface area contributed by atoms with Crippen LogP contribution < -0.4 is 4.90 Å². The normalized spacial score (nSPS) is 37.0. The molecule has 4 saturated carbocycles. The van der Waals surface area contributed by atoms with Gasteiger partial charge < -0.3 is 10.0 Å². The van der Waals surface area contributed by atoms with Crippen LogP contribution in [0.2, 0.25) is 0 Å². The van der Waals surface area contributed by atoms with Crippen LogP contribution in [-0.2, 0) is 11.2 Å². The number of non-ortho nitro benzene ring substituents is 1. The molecule has 0 spiro atoms. The van der Waals surface area contributed by atoms with Crippen molar-refractivity contribution in [3.05, 3.63) is 33.9 Å². The van der Waals surface area contributed by atoms with Crippen molar-refractivity contribution in [1.29, 1.82) is 0 Å². The van der Waals surface area contributed by atoms with Crippen LogP contribution in [0.5, 0.6) is 0 Å². The van der Waals surface area contributed by atoms with Gasteiger partial charge in [0.15, 0.2) is 0 Å². The van der Waals surface area contributed by atoms with Crippen molar-refractivity contribution in [3.63, 3.8) is 0 Å². The largest absolute Gasteiger partial charge is 0.390 e. The first-order chi connectivity index (χ1) is 12.3. The highest BCUT2D eigenvalue weighted by Crippen LogP contribution is 2.63. The molecule has 4 aliphatic carbocycles. The average Bonchev–Trinajstić information content (AvgIpc) is 2.94. The Hall–Kier alpha value is -1.95. The van der Waals surface area contributed by atoms with Crippen LogP contribution >= 0.6 is 0 Å². The minimum absolute atomic E-state index is 0.0348. The zero-order valence-corrected chi connectivity index (χ0v) is 14.8. The maximum Gasteiger partial charge on any atom is 0.271 e. The summed E-state index contributed by atoms with van der Waals surface area (Å²) in [5.74, 6) is 1.18. The Balaban J connectivity index is 1.39. The molecule has 138 valence electrons. The lowest BCUT2D eigenvalue weighted by molar-refractivity contribution is -0.384. The number of nitro benzene ring substituents is 1. The summed E-state index contributed by atoms with van der Waals surface area (Å²) in [6.07, 6.45) is 7.06. The van der Waals surface area contributed by atoms with Crippen molar-refractivity contribution in [2.45, 2.75) is 57.0 Å². The molecule has 0 saturated heterocycles. The van der Waals surface area contributed by atoms with E-state index in [1.54, 1.807) is 11.0 Å². The van der Waals surface area contributed by atoms with Crippen LogP contribution in [0.25, 0.3) is 0 Å². The lowest BCUT2D eigenvalue weighted by atomic mass is 9.47. The van der Waals surface area contributed by atoms with Crippen molar-refractivity contribution in [2.24, 2.45) is 17.3 Å². The minimum atomic E-state index is -0.563. The quantitative estimate of drug-likeness (QED) is 0.666. The van der Waals surface area contributed by atoms with E-state index in [1.165, 1.54) is 18.6 Å². The first-order valence-electron chi connectivity index (χ1n) is 9.65. The zero-order valence-electron chi connectivity index (χ0n) is 14.8. The Morgan fingerprint density at radius 3 is 2.65 bits per heavy atom. The van der Waals surface area contributed by atoms with Crippen LogP contribution in [0.15, 0.2) is 18.2 Å². The van der Waals surface area contributed by atoms with Gasteiger partial charge in [0.2, 0.25) is 5.91 Å². The molecule has 1 amide bonds. The van der Waals surface area contributed by atoms with Gasteiger partial charge in [0.1, 0.15) is 0 Å². The average molecular weight is 356 g/mol. The van der Waals surface area contributed by atoms with E-state index in [0.29, 0.717) is 30.5 Å². The summed E-state index contributed by atoms with van der Waals surface area (Å²) < 4.78 is 0. The van der Waals surface area contributed by atoms with Gasteiger partial charge in [-0.3, -0.25) is 14.9 Å². The third-order valence-corrected chi connectivity index (χ3v) is 7.15. The molecule has 1 heterocycles. The molecule has 1 aromatic rings. The maximum atomic E-state index is 13.2. The third-order valence-electron chi connectivity index (χ3n) is 7.15. The van der Waals surface area contributed by atoms with E-state index in [1.807, 2.05) is 0 Å². The number of amides is 1. The Kier molecular flexibility index (Phi) is 3.30. The third kappa shape index (κ3) is 2.46. The Morgan fingerprint density at radius 1 is 1.27 bits per heavy atom. The number of nitro groups is 1. The number of rotatable bonds is 3. The summed E-state index contributed by atoms with van der Waals surface area (Å²) in [6.45, 7) is 0.600. The van der Waals surface area contributed by atoms with Gasteiger partial charge in [0.25, 0.3) is 5.69 Å². The minimum Gasteiger partial charge on any atom is -0.390 e. The molecular weight excluding hydrogens is 332 g/mol.